The van der Waals surface area contributed by atoms with Crippen molar-refractivity contribution in [3.05, 3.63) is 101 Å². The summed E-state index contributed by atoms with van der Waals surface area (Å²) in [6, 6.07) is 20.6. The highest BCUT2D eigenvalue weighted by molar-refractivity contribution is 7.89. The van der Waals surface area contributed by atoms with Crippen LogP contribution >= 0.6 is 0 Å². The molecule has 0 spiro atoms. The molecule has 3 aromatic carbocycles. The summed E-state index contributed by atoms with van der Waals surface area (Å²) in [5.74, 6) is -0.720. The van der Waals surface area contributed by atoms with E-state index in [0.717, 1.165) is 5.56 Å². The minimum atomic E-state index is -3.67. The van der Waals surface area contributed by atoms with E-state index in [1.54, 1.807) is 55.1 Å². The Morgan fingerprint density at radius 2 is 1.59 bits per heavy atom. The van der Waals surface area contributed by atoms with Gasteiger partial charge in [-0.05, 0) is 73.5 Å². The predicted molar refractivity (Wildman–Crippen MR) is 128 cm³/mol. The van der Waals surface area contributed by atoms with Gasteiger partial charge in [0.2, 0.25) is 10.0 Å². The van der Waals surface area contributed by atoms with Gasteiger partial charge < -0.3 is 4.90 Å². The van der Waals surface area contributed by atoms with Crippen molar-refractivity contribution < 1.29 is 17.6 Å². The first kappa shape index (κ1) is 25.1. The van der Waals surface area contributed by atoms with E-state index in [1.165, 1.54) is 47.8 Å². The molecule has 6 nitrogen and oxygen atoms in total. The summed E-state index contributed by atoms with van der Waals surface area (Å²) in [5.41, 5.74) is 2.26. The van der Waals surface area contributed by atoms with Crippen LogP contribution in [0.4, 0.5) is 4.39 Å². The van der Waals surface area contributed by atoms with E-state index in [4.69, 9.17) is 5.26 Å². The van der Waals surface area contributed by atoms with Gasteiger partial charge in [0.25, 0.3) is 5.91 Å². The maximum Gasteiger partial charge on any atom is 0.254 e. The Balaban J connectivity index is 1.90. The number of benzene rings is 3. The van der Waals surface area contributed by atoms with Gasteiger partial charge in [0.05, 0.1) is 16.5 Å². The van der Waals surface area contributed by atoms with Crippen LogP contribution in [0.15, 0.2) is 77.7 Å². The highest BCUT2D eigenvalue weighted by Gasteiger charge is 2.24. The maximum absolute atomic E-state index is 13.7. The average molecular weight is 480 g/mol. The normalized spacial score (nSPS) is 11.4. The SMILES string of the molecule is CC(C)N(C)S(=O)(=O)c1ccc(C(=O)N(Cc2ccc(C#N)cc2)Cc2cccc(F)c2)cc1. The third-order valence-corrected chi connectivity index (χ3v) is 7.56. The summed E-state index contributed by atoms with van der Waals surface area (Å²) < 4.78 is 40.5. The number of rotatable bonds is 8. The van der Waals surface area contributed by atoms with Crippen LogP contribution in [-0.4, -0.2) is 36.6 Å². The van der Waals surface area contributed by atoms with E-state index in [2.05, 4.69) is 6.07 Å². The molecule has 0 saturated carbocycles. The average Bonchev–Trinajstić information content (AvgIpc) is 2.83. The number of carbonyl (C=O) groups excluding carboxylic acids is 1. The topological polar surface area (TPSA) is 81.5 Å². The van der Waals surface area contributed by atoms with Gasteiger partial charge in [-0.3, -0.25) is 4.79 Å². The zero-order valence-electron chi connectivity index (χ0n) is 19.3. The lowest BCUT2D eigenvalue weighted by molar-refractivity contribution is 0.0729. The molecular weight excluding hydrogens is 453 g/mol. The van der Waals surface area contributed by atoms with Gasteiger partial charge in [-0.1, -0.05) is 24.3 Å². The molecule has 0 saturated heterocycles. The van der Waals surface area contributed by atoms with E-state index in [1.807, 2.05) is 0 Å². The molecule has 8 heteroatoms. The summed E-state index contributed by atoms with van der Waals surface area (Å²) in [4.78, 5) is 15.0. The fraction of sp³-hybridized carbons (Fsp3) is 0.231. The van der Waals surface area contributed by atoms with Gasteiger partial charge in [-0.2, -0.15) is 9.57 Å². The summed E-state index contributed by atoms with van der Waals surface area (Å²) in [6.07, 6.45) is 0. The molecule has 0 aliphatic carbocycles. The molecule has 0 atom stereocenters. The Morgan fingerprint density at radius 1 is 0.971 bits per heavy atom. The highest BCUT2D eigenvalue weighted by atomic mass is 32.2. The van der Waals surface area contributed by atoms with Gasteiger partial charge in [-0.15, -0.1) is 0 Å². The molecular formula is C26H26FN3O3S. The van der Waals surface area contributed by atoms with E-state index in [9.17, 15) is 17.6 Å². The monoisotopic (exact) mass is 479 g/mol. The highest BCUT2D eigenvalue weighted by Crippen LogP contribution is 2.20. The molecule has 0 aromatic heterocycles. The van der Waals surface area contributed by atoms with Crippen LogP contribution in [0.25, 0.3) is 0 Å². The van der Waals surface area contributed by atoms with E-state index < -0.39 is 15.8 Å². The Bertz CT molecular complexity index is 1300. The minimum absolute atomic E-state index is 0.101. The molecule has 34 heavy (non-hydrogen) atoms. The fourth-order valence-corrected chi connectivity index (χ4v) is 4.72. The van der Waals surface area contributed by atoms with Crippen molar-refractivity contribution in [1.82, 2.24) is 9.21 Å². The standard InChI is InChI=1S/C26H26FN3O3S/c1-19(2)29(3)34(32,33)25-13-11-23(12-14-25)26(31)30(18-22-5-4-6-24(27)15-22)17-21-9-7-20(16-28)8-10-21/h4-15,19H,17-18H2,1-3H3. The van der Waals surface area contributed by atoms with E-state index in [-0.39, 0.29) is 29.9 Å². The first-order valence-corrected chi connectivity index (χ1v) is 12.2. The molecule has 0 radical (unpaired) electrons. The van der Waals surface area contributed by atoms with Crippen LogP contribution in [-0.2, 0) is 23.1 Å². The molecule has 3 rings (SSSR count). The quantitative estimate of drug-likeness (QED) is 0.474. The van der Waals surface area contributed by atoms with Crippen molar-refractivity contribution in [2.75, 3.05) is 7.05 Å². The molecule has 0 unspecified atom stereocenters. The predicted octanol–water partition coefficient (Wildman–Crippen LogP) is 4.57. The second-order valence-corrected chi connectivity index (χ2v) is 10.2. The van der Waals surface area contributed by atoms with E-state index in [0.29, 0.717) is 16.7 Å². The summed E-state index contributed by atoms with van der Waals surface area (Å²) >= 11 is 0. The van der Waals surface area contributed by atoms with Gasteiger partial charge in [0.15, 0.2) is 0 Å². The lowest BCUT2D eigenvalue weighted by Crippen LogP contribution is -2.33. The lowest BCUT2D eigenvalue weighted by Gasteiger charge is -2.24. The van der Waals surface area contributed by atoms with Gasteiger partial charge in [0.1, 0.15) is 5.82 Å². The van der Waals surface area contributed by atoms with Crippen molar-refractivity contribution in [1.29, 1.82) is 5.26 Å². The number of hydrogen-bond acceptors (Lipinski definition) is 4. The van der Waals surface area contributed by atoms with Gasteiger partial charge in [-0.25, -0.2) is 12.8 Å². The van der Waals surface area contributed by atoms with E-state index >= 15 is 0 Å². The number of hydrogen-bond donors (Lipinski definition) is 0. The first-order chi connectivity index (χ1) is 16.1. The van der Waals surface area contributed by atoms with Crippen LogP contribution in [0, 0.1) is 17.1 Å². The number of nitrogens with zero attached hydrogens (tertiary/aromatic N) is 3. The first-order valence-electron chi connectivity index (χ1n) is 10.7. The maximum atomic E-state index is 13.7. The second kappa shape index (κ2) is 10.6. The molecule has 176 valence electrons. The Hall–Kier alpha value is -3.54. The molecule has 0 heterocycles. The van der Waals surface area contributed by atoms with Gasteiger partial charge >= 0.3 is 0 Å². The summed E-state index contributed by atoms with van der Waals surface area (Å²) in [6.45, 7) is 3.95. The molecule has 1 amide bonds. The lowest BCUT2D eigenvalue weighted by atomic mass is 10.1. The zero-order chi connectivity index (χ0) is 24.9. The van der Waals surface area contributed by atoms with Crippen LogP contribution in [0.5, 0.6) is 0 Å². The van der Waals surface area contributed by atoms with Crippen LogP contribution in [0.3, 0.4) is 0 Å². The summed E-state index contributed by atoms with van der Waals surface area (Å²) in [7, 11) is -2.16. The van der Waals surface area contributed by atoms with Crippen molar-refractivity contribution >= 4 is 15.9 Å². The van der Waals surface area contributed by atoms with Crippen molar-refractivity contribution in [3.63, 3.8) is 0 Å². The molecule has 0 aliphatic heterocycles. The number of halogens is 1. The van der Waals surface area contributed by atoms with Gasteiger partial charge in [0, 0.05) is 31.7 Å². The largest absolute Gasteiger partial charge is 0.330 e. The Morgan fingerprint density at radius 3 is 2.15 bits per heavy atom. The van der Waals surface area contributed by atoms with Crippen molar-refractivity contribution in [2.45, 2.75) is 37.9 Å². The smallest absolute Gasteiger partial charge is 0.254 e. The molecule has 0 aliphatic rings. The van der Waals surface area contributed by atoms with Crippen LogP contribution in [0.1, 0.15) is 40.9 Å². The molecule has 0 fully saturated rings. The minimum Gasteiger partial charge on any atom is -0.330 e. The molecule has 0 N–H and O–H groups in total. The Kier molecular flexibility index (Phi) is 7.82. The molecule has 0 bridgehead atoms. The number of amides is 1. The van der Waals surface area contributed by atoms with Crippen LogP contribution in [0.2, 0.25) is 0 Å². The number of carbonyl (C=O) groups is 1. The fourth-order valence-electron chi connectivity index (χ4n) is 3.36. The summed E-state index contributed by atoms with van der Waals surface area (Å²) in [5, 5.41) is 9.02. The van der Waals surface area contributed by atoms with Crippen LogP contribution < -0.4 is 0 Å². The second-order valence-electron chi connectivity index (χ2n) is 8.24. The number of nitriles is 1. The Labute approximate surface area is 199 Å². The number of sulfonamides is 1. The zero-order valence-corrected chi connectivity index (χ0v) is 20.1. The molecule has 3 aromatic rings. The third kappa shape index (κ3) is 5.87. The van der Waals surface area contributed by atoms with Crippen molar-refractivity contribution in [2.24, 2.45) is 0 Å². The van der Waals surface area contributed by atoms with Crippen molar-refractivity contribution in [3.8, 4) is 6.07 Å². The third-order valence-electron chi connectivity index (χ3n) is 5.51.